The molecule has 0 radical (unpaired) electrons. The van der Waals surface area contributed by atoms with Crippen LogP contribution < -0.4 is 0 Å². The Morgan fingerprint density at radius 2 is 0.974 bits per heavy atom. The Hall–Kier alpha value is -2.09. The van der Waals surface area contributed by atoms with Gasteiger partial charge < -0.3 is 5.11 Å². The number of benzene rings is 2. The summed E-state index contributed by atoms with van der Waals surface area (Å²) in [6, 6.07) is 13.2. The van der Waals surface area contributed by atoms with E-state index in [1.54, 1.807) is 36.4 Å². The van der Waals surface area contributed by atoms with Gasteiger partial charge >= 0.3 is 5.97 Å². The van der Waals surface area contributed by atoms with Crippen LogP contribution >= 0.6 is 35.1 Å². The first-order chi connectivity index (χ1) is 18.3. The summed E-state index contributed by atoms with van der Waals surface area (Å²) in [7, 11) is 0. The predicted octanol–water partition coefficient (Wildman–Crippen LogP) is 10.0. The molecule has 0 unspecified atom stereocenters. The van der Waals surface area contributed by atoms with Crippen LogP contribution in [0.5, 0.6) is 0 Å². The van der Waals surface area contributed by atoms with E-state index in [-0.39, 0.29) is 23.2 Å². The standard InChI is InChI=1S/C15H19ClO2S.C15H20O3S.CH4/c1-2-3-4-5-6-7-14(17)19-13-10-8-12(9-11-13)15(16)18;1-2-3-4-5-6-7-14(16)19-13-10-8-12(9-11-13)15(17)18;/h8-11H,2-7H2,1H3;8-11H,2-7H2,1H3,(H,17,18);1H4. The summed E-state index contributed by atoms with van der Waals surface area (Å²) >= 11 is 7.79. The maximum absolute atomic E-state index is 11.7. The van der Waals surface area contributed by atoms with Crippen molar-refractivity contribution in [3.05, 3.63) is 59.7 Å². The van der Waals surface area contributed by atoms with Gasteiger partial charge in [-0.25, -0.2) is 4.79 Å². The molecule has 5 nitrogen and oxygen atoms in total. The minimum absolute atomic E-state index is 0. The van der Waals surface area contributed by atoms with Crippen LogP contribution in [-0.4, -0.2) is 26.5 Å². The first-order valence-corrected chi connectivity index (χ1v) is 15.3. The van der Waals surface area contributed by atoms with Crippen LogP contribution in [0.3, 0.4) is 0 Å². The molecular formula is C31H43ClO5S2. The van der Waals surface area contributed by atoms with Crippen molar-refractivity contribution in [2.45, 2.75) is 108 Å². The Bertz CT molecular complexity index is 910. The Balaban J connectivity index is 0.000000722. The number of carbonyl (C=O) groups is 4. The van der Waals surface area contributed by atoms with Gasteiger partial charge in [0.25, 0.3) is 5.24 Å². The molecule has 0 aliphatic rings. The lowest BCUT2D eigenvalue weighted by atomic mass is 10.1. The fourth-order valence-electron chi connectivity index (χ4n) is 3.43. The quantitative estimate of drug-likeness (QED) is 0.117. The van der Waals surface area contributed by atoms with Gasteiger partial charge in [-0.1, -0.05) is 96.2 Å². The zero-order valence-corrected chi connectivity index (χ0v) is 24.8. The van der Waals surface area contributed by atoms with E-state index >= 15 is 0 Å². The number of carboxylic acid groups (broad SMARTS) is 1. The molecule has 2 aromatic rings. The molecule has 0 heterocycles. The first kappa shape index (κ1) is 36.9. The molecule has 0 saturated carbocycles. The van der Waals surface area contributed by atoms with Crippen LogP contribution in [-0.2, 0) is 9.59 Å². The molecule has 0 aromatic heterocycles. The van der Waals surface area contributed by atoms with Crippen LogP contribution in [0.2, 0.25) is 0 Å². The van der Waals surface area contributed by atoms with Gasteiger partial charge in [0.1, 0.15) is 0 Å². The number of carbonyl (C=O) groups excluding carboxylic acids is 3. The normalized spacial score (nSPS) is 10.1. The number of hydrogen-bond acceptors (Lipinski definition) is 6. The summed E-state index contributed by atoms with van der Waals surface area (Å²) in [4.78, 5) is 46.7. The highest BCUT2D eigenvalue weighted by molar-refractivity contribution is 8.13. The minimum Gasteiger partial charge on any atom is -0.478 e. The van der Waals surface area contributed by atoms with Crippen molar-refractivity contribution in [1.29, 1.82) is 0 Å². The van der Waals surface area contributed by atoms with Crippen molar-refractivity contribution >= 4 is 56.6 Å². The zero-order valence-electron chi connectivity index (χ0n) is 22.4. The van der Waals surface area contributed by atoms with Crippen molar-refractivity contribution in [3.63, 3.8) is 0 Å². The highest BCUT2D eigenvalue weighted by atomic mass is 35.5. The number of thioether (sulfide) groups is 2. The van der Waals surface area contributed by atoms with E-state index in [1.165, 1.54) is 74.2 Å². The van der Waals surface area contributed by atoms with Crippen molar-refractivity contribution in [2.24, 2.45) is 0 Å². The summed E-state index contributed by atoms with van der Waals surface area (Å²) in [6.45, 7) is 4.35. The molecule has 0 saturated heterocycles. The molecule has 0 atom stereocenters. The summed E-state index contributed by atoms with van der Waals surface area (Å²) in [5.74, 6) is -0.946. The smallest absolute Gasteiger partial charge is 0.335 e. The number of aromatic carboxylic acids is 1. The number of halogens is 1. The highest BCUT2D eigenvalue weighted by Gasteiger charge is 2.08. The Morgan fingerprint density at radius 1 is 0.615 bits per heavy atom. The van der Waals surface area contributed by atoms with Crippen LogP contribution in [0.15, 0.2) is 58.3 Å². The predicted molar refractivity (Wildman–Crippen MR) is 165 cm³/mol. The van der Waals surface area contributed by atoms with Gasteiger partial charge in [-0.15, -0.1) is 0 Å². The summed E-state index contributed by atoms with van der Waals surface area (Å²) in [5.41, 5.74) is 0.703. The molecule has 39 heavy (non-hydrogen) atoms. The Kier molecular flexibility index (Phi) is 21.5. The zero-order chi connectivity index (χ0) is 28.2. The minimum atomic E-state index is -0.946. The molecule has 216 valence electrons. The molecule has 8 heteroatoms. The lowest BCUT2D eigenvalue weighted by molar-refractivity contribution is -0.111. The van der Waals surface area contributed by atoms with E-state index in [0.717, 1.165) is 35.5 Å². The largest absolute Gasteiger partial charge is 0.478 e. The number of carboxylic acids is 1. The van der Waals surface area contributed by atoms with Crippen molar-refractivity contribution < 1.29 is 24.3 Å². The van der Waals surface area contributed by atoms with E-state index in [9.17, 15) is 19.2 Å². The van der Waals surface area contributed by atoms with Crippen molar-refractivity contribution in [3.8, 4) is 0 Å². The summed E-state index contributed by atoms with van der Waals surface area (Å²) in [6.07, 6.45) is 12.7. The molecule has 0 bridgehead atoms. The molecular weight excluding hydrogens is 552 g/mol. The second-order valence-electron chi connectivity index (χ2n) is 8.90. The van der Waals surface area contributed by atoms with Gasteiger partial charge in [-0.3, -0.25) is 14.4 Å². The van der Waals surface area contributed by atoms with E-state index in [0.29, 0.717) is 18.4 Å². The molecule has 0 amide bonds. The van der Waals surface area contributed by atoms with Crippen LogP contribution in [0, 0.1) is 0 Å². The third-order valence-electron chi connectivity index (χ3n) is 5.61. The van der Waals surface area contributed by atoms with E-state index in [2.05, 4.69) is 13.8 Å². The molecule has 0 aliphatic carbocycles. The number of unbranched alkanes of at least 4 members (excludes halogenated alkanes) is 8. The van der Waals surface area contributed by atoms with Gasteiger partial charge in [-0.2, -0.15) is 0 Å². The fourth-order valence-corrected chi connectivity index (χ4v) is 5.12. The third-order valence-corrected chi connectivity index (χ3v) is 7.71. The lowest BCUT2D eigenvalue weighted by Crippen LogP contribution is -1.96. The first-order valence-electron chi connectivity index (χ1n) is 13.3. The van der Waals surface area contributed by atoms with Gasteiger partial charge in [0, 0.05) is 28.2 Å². The van der Waals surface area contributed by atoms with E-state index in [1.807, 2.05) is 0 Å². The van der Waals surface area contributed by atoms with Crippen LogP contribution in [0.1, 0.15) is 119 Å². The second-order valence-corrected chi connectivity index (χ2v) is 11.5. The van der Waals surface area contributed by atoms with Gasteiger partial charge in [0.05, 0.1) is 5.56 Å². The summed E-state index contributed by atoms with van der Waals surface area (Å²) in [5, 5.41) is 8.63. The van der Waals surface area contributed by atoms with Gasteiger partial charge in [0.15, 0.2) is 10.2 Å². The lowest BCUT2D eigenvalue weighted by Gasteiger charge is -2.02. The average molecular weight is 595 g/mol. The SMILES string of the molecule is C.CCCCCCCC(=O)Sc1ccc(C(=O)Cl)cc1.CCCCCCCC(=O)Sc1ccc(C(=O)O)cc1. The van der Waals surface area contributed by atoms with Crippen LogP contribution in [0.4, 0.5) is 0 Å². The maximum atomic E-state index is 11.7. The molecule has 0 aliphatic heterocycles. The fraction of sp³-hybridized carbons (Fsp3) is 0.484. The average Bonchev–Trinajstić information content (AvgIpc) is 2.89. The highest BCUT2D eigenvalue weighted by Crippen LogP contribution is 2.23. The molecule has 0 fully saturated rings. The molecule has 2 aromatic carbocycles. The second kappa shape index (κ2) is 22.7. The van der Waals surface area contributed by atoms with Gasteiger partial charge in [0.2, 0.25) is 0 Å². The Morgan fingerprint density at radius 3 is 1.31 bits per heavy atom. The number of hydrogen-bond donors (Lipinski definition) is 1. The van der Waals surface area contributed by atoms with Crippen molar-refractivity contribution in [2.75, 3.05) is 0 Å². The Labute approximate surface area is 247 Å². The molecule has 1 N–H and O–H groups in total. The van der Waals surface area contributed by atoms with Crippen LogP contribution in [0.25, 0.3) is 0 Å². The summed E-state index contributed by atoms with van der Waals surface area (Å²) < 4.78 is 0. The third kappa shape index (κ3) is 18.0. The molecule has 2 rings (SSSR count). The maximum Gasteiger partial charge on any atom is 0.335 e. The van der Waals surface area contributed by atoms with Crippen molar-refractivity contribution in [1.82, 2.24) is 0 Å². The van der Waals surface area contributed by atoms with Gasteiger partial charge in [-0.05, 0) is 73.0 Å². The number of rotatable bonds is 16. The topological polar surface area (TPSA) is 88.5 Å². The van der Waals surface area contributed by atoms with E-state index in [4.69, 9.17) is 16.7 Å². The monoisotopic (exact) mass is 594 g/mol. The molecule has 0 spiro atoms. The van der Waals surface area contributed by atoms with E-state index < -0.39 is 11.2 Å².